The molecule has 2 atom stereocenters. The summed E-state index contributed by atoms with van der Waals surface area (Å²) in [5.41, 5.74) is 2.08. The number of piperidine rings is 1. The van der Waals surface area contributed by atoms with E-state index in [-0.39, 0.29) is 0 Å². The Morgan fingerprint density at radius 2 is 2.30 bits per heavy atom. The van der Waals surface area contributed by atoms with E-state index < -0.39 is 0 Å². The van der Waals surface area contributed by atoms with Crippen molar-refractivity contribution in [3.8, 4) is 11.4 Å². The van der Waals surface area contributed by atoms with Gasteiger partial charge in [-0.15, -0.1) is 10.2 Å². The molecule has 0 spiro atoms. The predicted molar refractivity (Wildman–Crippen MR) is 76.1 cm³/mol. The summed E-state index contributed by atoms with van der Waals surface area (Å²) < 4.78 is 0. The molecule has 1 aromatic heterocycles. The second-order valence-corrected chi connectivity index (χ2v) is 6.23. The van der Waals surface area contributed by atoms with Gasteiger partial charge in [0.1, 0.15) is 0 Å². The Bertz CT molecular complexity index is 612. The van der Waals surface area contributed by atoms with E-state index in [9.17, 15) is 0 Å². The second-order valence-electron chi connectivity index (χ2n) is 5.82. The number of nitrogens with zero attached hydrogens (tertiary/aromatic N) is 4. The fraction of sp³-hybridized carbons (Fsp3) is 0.500. The molecule has 6 heteroatoms. The summed E-state index contributed by atoms with van der Waals surface area (Å²) >= 11 is 6.40. The highest BCUT2D eigenvalue weighted by atomic mass is 35.5. The van der Waals surface area contributed by atoms with E-state index in [0.29, 0.717) is 5.82 Å². The lowest BCUT2D eigenvalue weighted by molar-refractivity contribution is 0.212. The van der Waals surface area contributed by atoms with Crippen LogP contribution in [0, 0.1) is 11.8 Å². The Hall–Kier alpha value is -1.46. The number of tetrazole rings is 1. The number of nitrogens with one attached hydrogen (secondary N) is 1. The van der Waals surface area contributed by atoms with Crippen LogP contribution >= 0.6 is 11.6 Å². The molecule has 1 N–H and O–H groups in total. The first kappa shape index (κ1) is 12.3. The van der Waals surface area contributed by atoms with Crippen molar-refractivity contribution in [3.05, 3.63) is 28.8 Å². The molecule has 2 heterocycles. The molecule has 2 unspecified atom stereocenters. The zero-order valence-corrected chi connectivity index (χ0v) is 11.8. The van der Waals surface area contributed by atoms with Crippen LogP contribution in [0.3, 0.4) is 0 Å². The van der Waals surface area contributed by atoms with E-state index in [0.717, 1.165) is 29.0 Å². The van der Waals surface area contributed by atoms with Crippen LogP contribution in [0.4, 0.5) is 0 Å². The third-order valence-electron chi connectivity index (χ3n) is 4.43. The minimum Gasteiger partial charge on any atom is -0.299 e. The van der Waals surface area contributed by atoms with E-state index in [2.05, 4.69) is 31.6 Å². The number of hydrogen-bond acceptors (Lipinski definition) is 4. The molecular formula is C14H16ClN5. The molecule has 0 radical (unpaired) electrons. The zero-order chi connectivity index (χ0) is 13.5. The highest BCUT2D eigenvalue weighted by Crippen LogP contribution is 2.45. The third kappa shape index (κ3) is 2.31. The van der Waals surface area contributed by atoms with Crippen LogP contribution in [0.15, 0.2) is 18.2 Å². The van der Waals surface area contributed by atoms with Crippen molar-refractivity contribution in [2.75, 3.05) is 13.1 Å². The fourth-order valence-corrected chi connectivity index (χ4v) is 3.38. The van der Waals surface area contributed by atoms with Crippen molar-refractivity contribution in [1.29, 1.82) is 0 Å². The summed E-state index contributed by atoms with van der Waals surface area (Å²) in [5.74, 6) is 2.54. The molecule has 2 aromatic rings. The van der Waals surface area contributed by atoms with Gasteiger partial charge in [-0.25, -0.2) is 0 Å². The number of halogens is 1. The van der Waals surface area contributed by atoms with Crippen molar-refractivity contribution >= 4 is 11.6 Å². The van der Waals surface area contributed by atoms with E-state index in [4.69, 9.17) is 11.6 Å². The minimum atomic E-state index is 0.581. The van der Waals surface area contributed by atoms with Gasteiger partial charge in [-0.1, -0.05) is 23.7 Å². The molecule has 5 nitrogen and oxygen atoms in total. The van der Waals surface area contributed by atoms with Crippen LogP contribution in [0.5, 0.6) is 0 Å². The molecule has 1 aromatic carbocycles. The fourth-order valence-electron chi connectivity index (χ4n) is 3.14. The van der Waals surface area contributed by atoms with E-state index in [1.807, 2.05) is 12.1 Å². The molecular weight excluding hydrogens is 274 g/mol. The highest BCUT2D eigenvalue weighted by Gasteiger charge is 2.41. The standard InChI is InChI=1S/C14H16ClN5/c15-13-6-10(14-16-18-19-17-14)1-2-11(13)7-20-4-3-9-5-12(9)8-20/h1-2,6,9,12H,3-5,7-8H2,(H,16,17,18,19). The van der Waals surface area contributed by atoms with Crippen LogP contribution < -0.4 is 0 Å². The minimum absolute atomic E-state index is 0.581. The summed E-state index contributed by atoms with van der Waals surface area (Å²) in [6.07, 6.45) is 2.78. The maximum Gasteiger partial charge on any atom is 0.204 e. The van der Waals surface area contributed by atoms with Gasteiger partial charge < -0.3 is 0 Å². The van der Waals surface area contributed by atoms with Gasteiger partial charge in [-0.3, -0.25) is 4.90 Å². The first-order chi connectivity index (χ1) is 9.79. The molecule has 1 saturated heterocycles. The number of likely N-dealkylation sites (tertiary alicyclic amines) is 1. The molecule has 0 bridgehead atoms. The maximum absolute atomic E-state index is 6.40. The molecule has 1 aliphatic carbocycles. The van der Waals surface area contributed by atoms with Crippen LogP contribution in [0.2, 0.25) is 5.02 Å². The van der Waals surface area contributed by atoms with E-state index in [1.165, 1.54) is 31.5 Å². The lowest BCUT2D eigenvalue weighted by atomic mass is 10.1. The third-order valence-corrected chi connectivity index (χ3v) is 4.78. The molecule has 20 heavy (non-hydrogen) atoms. The molecule has 2 fully saturated rings. The summed E-state index contributed by atoms with van der Waals surface area (Å²) in [6, 6.07) is 6.01. The number of rotatable bonds is 3. The summed E-state index contributed by atoms with van der Waals surface area (Å²) in [7, 11) is 0. The Morgan fingerprint density at radius 3 is 3.05 bits per heavy atom. The van der Waals surface area contributed by atoms with Gasteiger partial charge in [-0.2, -0.15) is 5.21 Å². The molecule has 1 saturated carbocycles. The lowest BCUT2D eigenvalue weighted by Crippen LogP contribution is -2.30. The number of hydrogen-bond donors (Lipinski definition) is 1. The van der Waals surface area contributed by atoms with Gasteiger partial charge in [0.15, 0.2) is 0 Å². The normalized spacial score (nSPS) is 25.4. The molecule has 4 rings (SSSR count). The lowest BCUT2D eigenvalue weighted by Gasteiger charge is -2.26. The van der Waals surface area contributed by atoms with Gasteiger partial charge in [0, 0.05) is 23.7 Å². The van der Waals surface area contributed by atoms with Crippen molar-refractivity contribution in [2.45, 2.75) is 19.4 Å². The number of H-pyrrole nitrogens is 1. The largest absolute Gasteiger partial charge is 0.299 e. The van der Waals surface area contributed by atoms with Crippen LogP contribution in [-0.2, 0) is 6.54 Å². The molecule has 1 aliphatic heterocycles. The van der Waals surface area contributed by atoms with E-state index in [1.54, 1.807) is 0 Å². The number of aromatic amines is 1. The average molecular weight is 290 g/mol. The predicted octanol–water partition coefficient (Wildman–Crippen LogP) is 2.36. The average Bonchev–Trinajstić information content (AvgIpc) is 3.01. The Morgan fingerprint density at radius 1 is 1.35 bits per heavy atom. The summed E-state index contributed by atoms with van der Waals surface area (Å²) in [5, 5.41) is 14.8. The zero-order valence-electron chi connectivity index (χ0n) is 11.1. The monoisotopic (exact) mass is 289 g/mol. The molecule has 0 amide bonds. The Labute approximate surface area is 122 Å². The summed E-state index contributed by atoms with van der Waals surface area (Å²) in [4.78, 5) is 2.52. The first-order valence-electron chi connectivity index (χ1n) is 7.04. The van der Waals surface area contributed by atoms with Crippen molar-refractivity contribution in [1.82, 2.24) is 25.5 Å². The SMILES string of the molecule is Clc1cc(-c2nn[nH]n2)ccc1CN1CCC2CC2C1. The second kappa shape index (κ2) is 4.82. The smallest absolute Gasteiger partial charge is 0.204 e. The van der Waals surface area contributed by atoms with Crippen LogP contribution in [0.1, 0.15) is 18.4 Å². The van der Waals surface area contributed by atoms with Crippen molar-refractivity contribution < 1.29 is 0 Å². The van der Waals surface area contributed by atoms with Gasteiger partial charge in [0.2, 0.25) is 5.82 Å². The molecule has 2 aliphatic rings. The van der Waals surface area contributed by atoms with Gasteiger partial charge >= 0.3 is 0 Å². The van der Waals surface area contributed by atoms with Crippen LogP contribution in [0.25, 0.3) is 11.4 Å². The molecule has 104 valence electrons. The van der Waals surface area contributed by atoms with Gasteiger partial charge in [0.05, 0.1) is 0 Å². The first-order valence-corrected chi connectivity index (χ1v) is 7.42. The number of aromatic nitrogens is 4. The van der Waals surface area contributed by atoms with Crippen molar-refractivity contribution in [3.63, 3.8) is 0 Å². The van der Waals surface area contributed by atoms with Crippen LogP contribution in [-0.4, -0.2) is 38.6 Å². The van der Waals surface area contributed by atoms with E-state index >= 15 is 0 Å². The summed E-state index contributed by atoms with van der Waals surface area (Å²) in [6.45, 7) is 3.37. The van der Waals surface area contributed by atoms with Gasteiger partial charge in [-0.05, 0) is 48.1 Å². The number of fused-ring (bicyclic) bond motifs is 1. The van der Waals surface area contributed by atoms with Crippen molar-refractivity contribution in [2.24, 2.45) is 11.8 Å². The topological polar surface area (TPSA) is 57.7 Å². The highest BCUT2D eigenvalue weighted by molar-refractivity contribution is 6.31. The number of benzene rings is 1. The Kier molecular flexibility index (Phi) is 2.97. The Balaban J connectivity index is 1.50. The quantitative estimate of drug-likeness (QED) is 0.942. The maximum atomic E-state index is 6.40. The van der Waals surface area contributed by atoms with Gasteiger partial charge in [0.25, 0.3) is 0 Å².